The second-order valence-electron chi connectivity index (χ2n) is 5.03. The van der Waals surface area contributed by atoms with E-state index in [0.29, 0.717) is 19.8 Å². The number of carboxylic acid groups (broad SMARTS) is 1. The monoisotopic (exact) mass is 295 g/mol. The molecule has 5 nitrogen and oxygen atoms in total. The summed E-state index contributed by atoms with van der Waals surface area (Å²) in [6.45, 7) is 5.94. The molecule has 1 rings (SSSR count). The minimum absolute atomic E-state index is 0.00129. The van der Waals surface area contributed by atoms with Crippen molar-refractivity contribution < 1.29 is 19.4 Å². The van der Waals surface area contributed by atoms with E-state index in [9.17, 15) is 4.79 Å². The van der Waals surface area contributed by atoms with E-state index < -0.39 is 5.97 Å². The van der Waals surface area contributed by atoms with Crippen molar-refractivity contribution in [2.75, 3.05) is 26.8 Å². The molecule has 1 aromatic rings. The molecule has 118 valence electrons. The van der Waals surface area contributed by atoms with Crippen LogP contribution in [-0.4, -0.2) is 42.8 Å². The minimum atomic E-state index is -0.837. The molecule has 0 aliphatic rings. The van der Waals surface area contributed by atoms with Crippen LogP contribution in [0.2, 0.25) is 0 Å². The Kier molecular flexibility index (Phi) is 7.61. The van der Waals surface area contributed by atoms with Gasteiger partial charge >= 0.3 is 5.97 Å². The van der Waals surface area contributed by atoms with Gasteiger partial charge in [-0.2, -0.15) is 0 Å². The number of carbonyl (C=O) groups is 1. The smallest absolute Gasteiger partial charge is 0.317 e. The number of ether oxygens (including phenoxy) is 2. The maximum Gasteiger partial charge on any atom is 0.317 e. The molecule has 0 spiro atoms. The van der Waals surface area contributed by atoms with E-state index in [4.69, 9.17) is 14.6 Å². The van der Waals surface area contributed by atoms with Gasteiger partial charge in [-0.25, -0.2) is 0 Å². The highest BCUT2D eigenvalue weighted by atomic mass is 16.5. The summed E-state index contributed by atoms with van der Waals surface area (Å²) in [6.07, 6.45) is 1.87. The first-order valence-corrected chi connectivity index (χ1v) is 7.35. The van der Waals surface area contributed by atoms with Crippen molar-refractivity contribution in [2.24, 2.45) is 0 Å². The van der Waals surface area contributed by atoms with E-state index >= 15 is 0 Å². The van der Waals surface area contributed by atoms with Crippen molar-refractivity contribution in [1.82, 2.24) is 4.90 Å². The molecule has 0 atom stereocenters. The van der Waals surface area contributed by atoms with Gasteiger partial charge in [-0.05, 0) is 26.0 Å². The van der Waals surface area contributed by atoms with E-state index in [1.54, 1.807) is 11.9 Å². The number of aliphatic carboxylic acids is 1. The van der Waals surface area contributed by atoms with Crippen molar-refractivity contribution in [3.05, 3.63) is 23.8 Å². The van der Waals surface area contributed by atoms with E-state index in [1.165, 1.54) is 0 Å². The first-order valence-electron chi connectivity index (χ1n) is 7.35. The van der Waals surface area contributed by atoms with Crippen LogP contribution in [0.4, 0.5) is 0 Å². The molecule has 0 unspecified atom stereocenters. The number of hydrogen-bond donors (Lipinski definition) is 1. The molecule has 21 heavy (non-hydrogen) atoms. The largest absolute Gasteiger partial charge is 0.493 e. The van der Waals surface area contributed by atoms with Crippen LogP contribution in [0.1, 0.15) is 32.3 Å². The average Bonchev–Trinajstić information content (AvgIpc) is 2.43. The zero-order valence-corrected chi connectivity index (χ0v) is 13.1. The normalized spacial score (nSPS) is 10.7. The fourth-order valence-corrected chi connectivity index (χ4v) is 1.90. The van der Waals surface area contributed by atoms with Gasteiger partial charge in [0.1, 0.15) is 11.5 Å². The first-order chi connectivity index (χ1) is 10.1. The van der Waals surface area contributed by atoms with Crippen LogP contribution in [0.15, 0.2) is 18.2 Å². The van der Waals surface area contributed by atoms with Gasteiger partial charge in [0.25, 0.3) is 0 Å². The van der Waals surface area contributed by atoms with Gasteiger partial charge in [0.05, 0.1) is 19.8 Å². The molecule has 0 saturated carbocycles. The lowest BCUT2D eigenvalue weighted by Gasteiger charge is -2.18. The fraction of sp³-hybridized carbons (Fsp3) is 0.562. The Morgan fingerprint density at radius 2 is 1.86 bits per heavy atom. The van der Waals surface area contributed by atoms with Crippen molar-refractivity contribution in [2.45, 2.75) is 33.2 Å². The van der Waals surface area contributed by atoms with E-state index in [1.807, 2.05) is 25.1 Å². The quantitative estimate of drug-likeness (QED) is 0.719. The maximum atomic E-state index is 10.7. The van der Waals surface area contributed by atoms with Gasteiger partial charge in [0, 0.05) is 18.2 Å². The molecule has 0 saturated heterocycles. The summed E-state index contributed by atoms with van der Waals surface area (Å²) in [6, 6.07) is 5.72. The second-order valence-corrected chi connectivity index (χ2v) is 5.03. The fourth-order valence-electron chi connectivity index (χ4n) is 1.90. The van der Waals surface area contributed by atoms with Gasteiger partial charge in [0.15, 0.2) is 0 Å². The lowest BCUT2D eigenvalue weighted by atomic mass is 10.1. The highest BCUT2D eigenvalue weighted by Crippen LogP contribution is 2.26. The summed E-state index contributed by atoms with van der Waals surface area (Å²) in [5, 5.41) is 8.82. The molecule has 0 heterocycles. The topological polar surface area (TPSA) is 59.0 Å². The number of likely N-dealkylation sites (N-methyl/N-ethyl adjacent to an activating group) is 1. The van der Waals surface area contributed by atoms with E-state index in [2.05, 4.69) is 6.92 Å². The summed E-state index contributed by atoms with van der Waals surface area (Å²) in [5.74, 6) is 0.715. The zero-order valence-electron chi connectivity index (χ0n) is 13.1. The molecule has 0 aliphatic heterocycles. The molecule has 0 aliphatic carbocycles. The molecular weight excluding hydrogens is 270 g/mol. The van der Waals surface area contributed by atoms with Gasteiger partial charge in [-0.15, -0.1) is 0 Å². The molecule has 0 fully saturated rings. The average molecular weight is 295 g/mol. The molecule has 0 radical (unpaired) electrons. The minimum Gasteiger partial charge on any atom is -0.493 e. The van der Waals surface area contributed by atoms with Crippen molar-refractivity contribution >= 4 is 5.97 Å². The third kappa shape index (κ3) is 6.49. The lowest BCUT2D eigenvalue weighted by molar-refractivity contribution is -0.138. The summed E-state index contributed by atoms with van der Waals surface area (Å²) < 4.78 is 11.4. The summed E-state index contributed by atoms with van der Waals surface area (Å²) in [4.78, 5) is 12.5. The molecule has 0 aromatic heterocycles. The van der Waals surface area contributed by atoms with Crippen molar-refractivity contribution in [3.8, 4) is 11.5 Å². The number of carboxylic acids is 1. The Labute approximate surface area is 126 Å². The summed E-state index contributed by atoms with van der Waals surface area (Å²) in [7, 11) is 1.78. The predicted octanol–water partition coefficient (Wildman–Crippen LogP) is 2.78. The molecule has 5 heteroatoms. The zero-order chi connectivity index (χ0) is 15.7. The van der Waals surface area contributed by atoms with Crippen LogP contribution >= 0.6 is 0 Å². The molecule has 1 N–H and O–H groups in total. The van der Waals surface area contributed by atoms with Crippen LogP contribution in [0.5, 0.6) is 11.5 Å². The second kappa shape index (κ2) is 9.23. The molecule has 1 aromatic carbocycles. The highest BCUT2D eigenvalue weighted by Gasteiger charge is 2.11. The predicted molar refractivity (Wildman–Crippen MR) is 82.0 cm³/mol. The third-order valence-electron chi connectivity index (χ3n) is 2.82. The Balaban J connectivity index is 2.82. The lowest BCUT2D eigenvalue weighted by Crippen LogP contribution is -2.25. The summed E-state index contributed by atoms with van der Waals surface area (Å²) >= 11 is 0. The van der Waals surface area contributed by atoms with Crippen molar-refractivity contribution in [1.29, 1.82) is 0 Å². The van der Waals surface area contributed by atoms with Crippen LogP contribution < -0.4 is 9.47 Å². The van der Waals surface area contributed by atoms with Crippen molar-refractivity contribution in [3.63, 3.8) is 0 Å². The number of nitrogens with zero attached hydrogens (tertiary/aromatic N) is 1. The number of hydrogen-bond acceptors (Lipinski definition) is 4. The summed E-state index contributed by atoms with van der Waals surface area (Å²) in [5.41, 5.74) is 0.969. The Hall–Kier alpha value is -1.75. The number of rotatable bonds is 10. The van der Waals surface area contributed by atoms with Gasteiger partial charge in [-0.3, -0.25) is 9.69 Å². The highest BCUT2D eigenvalue weighted by molar-refractivity contribution is 5.69. The standard InChI is InChI=1S/C16H25NO4/c1-4-8-20-14-7-6-13(11-17(3)12-16(18)19)15(10-14)21-9-5-2/h6-7,10H,4-5,8-9,11-12H2,1-3H3,(H,18,19). The van der Waals surface area contributed by atoms with Gasteiger partial charge in [0.2, 0.25) is 0 Å². The molecular formula is C16H25NO4. The molecule has 0 bridgehead atoms. The Bertz CT molecular complexity index is 448. The van der Waals surface area contributed by atoms with Gasteiger partial charge < -0.3 is 14.6 Å². The Morgan fingerprint density at radius 1 is 1.19 bits per heavy atom. The van der Waals surface area contributed by atoms with E-state index in [-0.39, 0.29) is 6.54 Å². The number of benzene rings is 1. The van der Waals surface area contributed by atoms with Crippen LogP contribution in [0.3, 0.4) is 0 Å². The SMILES string of the molecule is CCCOc1ccc(CN(C)CC(=O)O)c(OCCC)c1. The first kappa shape index (κ1) is 17.3. The Morgan fingerprint density at radius 3 is 2.48 bits per heavy atom. The van der Waals surface area contributed by atoms with E-state index in [0.717, 1.165) is 29.9 Å². The van der Waals surface area contributed by atoms with Gasteiger partial charge in [-0.1, -0.05) is 19.9 Å². The van der Waals surface area contributed by atoms with Crippen LogP contribution in [0, 0.1) is 0 Å². The van der Waals surface area contributed by atoms with Crippen LogP contribution in [0.25, 0.3) is 0 Å². The maximum absolute atomic E-state index is 10.7. The molecule has 0 amide bonds. The van der Waals surface area contributed by atoms with Crippen LogP contribution in [-0.2, 0) is 11.3 Å². The third-order valence-corrected chi connectivity index (χ3v) is 2.82.